The largest absolute Gasteiger partial charge is 0.294 e. The van der Waals surface area contributed by atoms with Crippen LogP contribution in [0.2, 0.25) is 5.02 Å². The Morgan fingerprint density at radius 3 is 2.62 bits per heavy atom. The lowest BCUT2D eigenvalue weighted by Gasteiger charge is -2.04. The predicted molar refractivity (Wildman–Crippen MR) is 67.8 cm³/mol. The first-order valence-corrected chi connectivity index (χ1v) is 7.69. The Labute approximate surface area is 108 Å². The summed E-state index contributed by atoms with van der Waals surface area (Å²) in [6, 6.07) is 4.98. The van der Waals surface area contributed by atoms with Gasteiger partial charge in [0.1, 0.15) is 9.84 Å². The standard InChI is InChI=1S/C10H10BrClO3S/c1-16(14,15)6-5-9(13)7-3-2-4-8(11)10(7)12/h2-4H,5-6H2,1H3. The maximum atomic E-state index is 11.7. The molecular weight excluding hydrogens is 316 g/mol. The maximum absolute atomic E-state index is 11.7. The number of carbonyl (C=O) groups is 1. The van der Waals surface area contributed by atoms with E-state index in [-0.39, 0.29) is 18.0 Å². The highest BCUT2D eigenvalue weighted by Gasteiger charge is 2.14. The SMILES string of the molecule is CS(=O)(=O)CCC(=O)c1cccc(Br)c1Cl. The van der Waals surface area contributed by atoms with Crippen molar-refractivity contribution in [2.75, 3.05) is 12.0 Å². The highest BCUT2D eigenvalue weighted by atomic mass is 79.9. The number of carbonyl (C=O) groups excluding carboxylic acids is 1. The summed E-state index contributed by atoms with van der Waals surface area (Å²) in [5, 5.41) is 0.320. The van der Waals surface area contributed by atoms with Gasteiger partial charge in [-0.25, -0.2) is 8.42 Å². The zero-order valence-corrected chi connectivity index (χ0v) is 11.7. The predicted octanol–water partition coefficient (Wildman–Crippen LogP) is 2.72. The average molecular weight is 326 g/mol. The molecule has 0 saturated carbocycles. The van der Waals surface area contributed by atoms with Gasteiger partial charge < -0.3 is 0 Å². The topological polar surface area (TPSA) is 51.2 Å². The average Bonchev–Trinajstić information content (AvgIpc) is 2.17. The van der Waals surface area contributed by atoms with Crippen LogP contribution >= 0.6 is 27.5 Å². The van der Waals surface area contributed by atoms with Crippen molar-refractivity contribution in [3.8, 4) is 0 Å². The zero-order chi connectivity index (χ0) is 12.3. The Morgan fingerprint density at radius 2 is 2.06 bits per heavy atom. The fourth-order valence-electron chi connectivity index (χ4n) is 1.13. The smallest absolute Gasteiger partial charge is 0.165 e. The lowest BCUT2D eigenvalue weighted by Crippen LogP contribution is -2.10. The third-order valence-corrected chi connectivity index (χ3v) is 4.19. The Hall–Kier alpha value is -0.390. The molecule has 16 heavy (non-hydrogen) atoms. The highest BCUT2D eigenvalue weighted by molar-refractivity contribution is 9.10. The zero-order valence-electron chi connectivity index (χ0n) is 8.54. The molecule has 0 aliphatic rings. The number of hydrogen-bond acceptors (Lipinski definition) is 3. The first-order chi connectivity index (χ1) is 7.31. The normalized spacial score (nSPS) is 11.4. The summed E-state index contributed by atoms with van der Waals surface area (Å²) in [6.07, 6.45) is 1.05. The van der Waals surface area contributed by atoms with E-state index in [9.17, 15) is 13.2 Å². The molecule has 0 unspecified atom stereocenters. The lowest BCUT2D eigenvalue weighted by molar-refractivity contribution is 0.0989. The van der Waals surface area contributed by atoms with Crippen molar-refractivity contribution >= 4 is 43.2 Å². The second-order valence-electron chi connectivity index (χ2n) is 3.40. The molecule has 0 aromatic heterocycles. The van der Waals surface area contributed by atoms with E-state index in [1.54, 1.807) is 18.2 Å². The van der Waals surface area contributed by atoms with Crippen LogP contribution in [0, 0.1) is 0 Å². The molecule has 1 aromatic carbocycles. The van der Waals surface area contributed by atoms with E-state index < -0.39 is 9.84 Å². The van der Waals surface area contributed by atoms with E-state index in [2.05, 4.69) is 15.9 Å². The quantitative estimate of drug-likeness (QED) is 0.800. The molecule has 0 spiro atoms. The third kappa shape index (κ3) is 3.88. The Balaban J connectivity index is 2.86. The van der Waals surface area contributed by atoms with Crippen LogP contribution in [0.25, 0.3) is 0 Å². The van der Waals surface area contributed by atoms with Gasteiger partial charge in [-0.1, -0.05) is 17.7 Å². The van der Waals surface area contributed by atoms with Gasteiger partial charge in [0.15, 0.2) is 5.78 Å². The molecule has 0 aliphatic heterocycles. The summed E-state index contributed by atoms with van der Waals surface area (Å²) in [5.41, 5.74) is 0.347. The number of ketones is 1. The van der Waals surface area contributed by atoms with E-state index in [4.69, 9.17) is 11.6 Å². The van der Waals surface area contributed by atoms with Gasteiger partial charge in [-0.15, -0.1) is 0 Å². The van der Waals surface area contributed by atoms with Crippen LogP contribution in [0.1, 0.15) is 16.8 Å². The molecule has 0 heterocycles. The van der Waals surface area contributed by atoms with Gasteiger partial charge in [-0.05, 0) is 28.1 Å². The molecule has 0 saturated heterocycles. The second-order valence-corrected chi connectivity index (χ2v) is 6.90. The van der Waals surface area contributed by atoms with Gasteiger partial charge in [0.25, 0.3) is 0 Å². The maximum Gasteiger partial charge on any atom is 0.165 e. The Kier molecular flexibility index (Phi) is 4.52. The third-order valence-electron chi connectivity index (χ3n) is 1.95. The molecule has 0 N–H and O–H groups in total. The molecule has 0 amide bonds. The molecule has 3 nitrogen and oxygen atoms in total. The van der Waals surface area contributed by atoms with Gasteiger partial charge in [0.05, 0.1) is 10.8 Å². The minimum Gasteiger partial charge on any atom is -0.294 e. The fraction of sp³-hybridized carbons (Fsp3) is 0.300. The van der Waals surface area contributed by atoms with E-state index in [1.165, 1.54) is 0 Å². The first kappa shape index (κ1) is 13.7. The van der Waals surface area contributed by atoms with Crippen molar-refractivity contribution in [2.24, 2.45) is 0 Å². The minimum absolute atomic E-state index is 0.0466. The Bertz CT molecular complexity index is 511. The summed E-state index contributed by atoms with van der Waals surface area (Å²) >= 11 is 9.12. The molecule has 88 valence electrons. The van der Waals surface area contributed by atoms with Crippen LogP contribution < -0.4 is 0 Å². The van der Waals surface area contributed by atoms with Gasteiger partial charge in [-0.2, -0.15) is 0 Å². The summed E-state index contributed by atoms with van der Waals surface area (Å²) in [7, 11) is -3.13. The van der Waals surface area contributed by atoms with E-state index in [1.807, 2.05) is 0 Å². The lowest BCUT2D eigenvalue weighted by atomic mass is 10.1. The van der Waals surface area contributed by atoms with Crippen molar-refractivity contribution in [1.29, 1.82) is 0 Å². The van der Waals surface area contributed by atoms with E-state index in [0.29, 0.717) is 15.1 Å². The molecule has 0 fully saturated rings. The number of Topliss-reactive ketones (excluding diaryl/α,β-unsaturated/α-hetero) is 1. The van der Waals surface area contributed by atoms with Crippen LogP contribution in [-0.2, 0) is 9.84 Å². The van der Waals surface area contributed by atoms with Gasteiger partial charge in [0.2, 0.25) is 0 Å². The van der Waals surface area contributed by atoms with Gasteiger partial charge >= 0.3 is 0 Å². The van der Waals surface area contributed by atoms with Crippen molar-refractivity contribution in [2.45, 2.75) is 6.42 Å². The monoisotopic (exact) mass is 324 g/mol. The summed E-state index contributed by atoms with van der Waals surface area (Å²) in [4.78, 5) is 11.7. The summed E-state index contributed by atoms with van der Waals surface area (Å²) < 4.78 is 22.5. The molecule has 1 rings (SSSR count). The minimum atomic E-state index is -3.13. The molecule has 0 atom stereocenters. The first-order valence-electron chi connectivity index (χ1n) is 4.46. The van der Waals surface area contributed by atoms with Gasteiger partial charge in [-0.3, -0.25) is 4.79 Å². The van der Waals surface area contributed by atoms with Crippen LogP contribution in [-0.4, -0.2) is 26.2 Å². The van der Waals surface area contributed by atoms with Crippen molar-refractivity contribution in [1.82, 2.24) is 0 Å². The Morgan fingerprint density at radius 1 is 1.44 bits per heavy atom. The number of hydrogen-bond donors (Lipinski definition) is 0. The highest BCUT2D eigenvalue weighted by Crippen LogP contribution is 2.26. The summed E-state index contributed by atoms with van der Waals surface area (Å²) in [6.45, 7) is 0. The van der Waals surface area contributed by atoms with Crippen LogP contribution in [0.4, 0.5) is 0 Å². The molecule has 1 aromatic rings. The van der Waals surface area contributed by atoms with E-state index in [0.717, 1.165) is 6.26 Å². The van der Waals surface area contributed by atoms with Crippen LogP contribution in [0.3, 0.4) is 0 Å². The van der Waals surface area contributed by atoms with Crippen molar-refractivity contribution < 1.29 is 13.2 Å². The second kappa shape index (κ2) is 5.29. The number of halogens is 2. The van der Waals surface area contributed by atoms with Crippen molar-refractivity contribution in [3.05, 3.63) is 33.3 Å². The number of rotatable bonds is 4. The summed E-state index contributed by atoms with van der Waals surface area (Å²) in [5.74, 6) is -0.425. The van der Waals surface area contributed by atoms with E-state index >= 15 is 0 Å². The molecule has 0 aliphatic carbocycles. The number of benzene rings is 1. The van der Waals surface area contributed by atoms with Gasteiger partial charge in [0, 0.05) is 22.7 Å². The fourth-order valence-corrected chi connectivity index (χ4v) is 2.29. The van der Waals surface area contributed by atoms with Crippen LogP contribution in [0.15, 0.2) is 22.7 Å². The van der Waals surface area contributed by atoms with Crippen LogP contribution in [0.5, 0.6) is 0 Å². The molecule has 0 bridgehead atoms. The molecule has 6 heteroatoms. The molecular formula is C10H10BrClO3S. The number of sulfone groups is 1. The van der Waals surface area contributed by atoms with Crippen molar-refractivity contribution in [3.63, 3.8) is 0 Å². The molecule has 0 radical (unpaired) electrons.